The fourth-order valence-corrected chi connectivity index (χ4v) is 4.62. The molecule has 0 saturated heterocycles. The van der Waals surface area contributed by atoms with E-state index in [9.17, 15) is 0 Å². The minimum absolute atomic E-state index is 0.505. The van der Waals surface area contributed by atoms with Gasteiger partial charge in [-0.15, -0.1) is 0 Å². The number of nitrogens with one attached hydrogen (secondary N) is 1. The summed E-state index contributed by atoms with van der Waals surface area (Å²) >= 11 is 0. The first kappa shape index (κ1) is 21.4. The second-order valence-corrected chi connectivity index (χ2v) is 7.93. The van der Waals surface area contributed by atoms with Crippen LogP contribution >= 0.6 is 0 Å². The average molecular weight is 387 g/mol. The summed E-state index contributed by atoms with van der Waals surface area (Å²) in [5, 5.41) is 3.78. The molecule has 0 radical (unpaired) electrons. The van der Waals surface area contributed by atoms with Gasteiger partial charge in [0.25, 0.3) is 0 Å². The molecule has 1 atom stereocenters. The molecule has 5 N–H and O–H groups in total. The Morgan fingerprint density at radius 1 is 1.14 bits per heavy atom. The van der Waals surface area contributed by atoms with Gasteiger partial charge in [-0.3, -0.25) is 0 Å². The van der Waals surface area contributed by atoms with Gasteiger partial charge >= 0.3 is 0 Å². The zero-order valence-corrected chi connectivity index (χ0v) is 18.1. The Morgan fingerprint density at radius 2 is 1.90 bits per heavy atom. The molecule has 2 aromatic carbocycles. The van der Waals surface area contributed by atoms with E-state index in [0.717, 1.165) is 35.9 Å². The molecule has 29 heavy (non-hydrogen) atoms. The highest BCUT2D eigenvalue weighted by atomic mass is 14.9. The second-order valence-electron chi connectivity index (χ2n) is 7.93. The molecular formula is C25H34BN3. The van der Waals surface area contributed by atoms with Gasteiger partial charge in [0.05, 0.1) is 0 Å². The van der Waals surface area contributed by atoms with E-state index in [1.54, 1.807) is 0 Å². The van der Waals surface area contributed by atoms with E-state index < -0.39 is 0 Å². The van der Waals surface area contributed by atoms with Crippen molar-refractivity contribution in [3.05, 3.63) is 88.0 Å². The lowest BCUT2D eigenvalue weighted by molar-refractivity contribution is 0.698. The lowest BCUT2D eigenvalue weighted by Gasteiger charge is -2.28. The topological polar surface area (TPSA) is 64.1 Å². The van der Waals surface area contributed by atoms with Gasteiger partial charge in [-0.1, -0.05) is 68.4 Å². The molecule has 0 bridgehead atoms. The van der Waals surface area contributed by atoms with Crippen LogP contribution in [0, 0.1) is 0 Å². The van der Waals surface area contributed by atoms with E-state index in [1.165, 1.54) is 28.0 Å². The predicted octanol–water partition coefficient (Wildman–Crippen LogP) is 3.97. The van der Waals surface area contributed by atoms with E-state index >= 15 is 0 Å². The van der Waals surface area contributed by atoms with Gasteiger partial charge in [-0.25, -0.2) is 0 Å². The van der Waals surface area contributed by atoms with Gasteiger partial charge in [-0.2, -0.15) is 0 Å². The zero-order chi connectivity index (χ0) is 21.0. The van der Waals surface area contributed by atoms with Gasteiger partial charge in [0.1, 0.15) is 0 Å². The van der Waals surface area contributed by atoms with Crippen LogP contribution in [-0.4, -0.2) is 12.7 Å². The Bertz CT molecular complexity index is 916. The van der Waals surface area contributed by atoms with Crippen LogP contribution in [0.1, 0.15) is 54.2 Å². The molecule has 4 rings (SSSR count). The summed E-state index contributed by atoms with van der Waals surface area (Å²) in [6, 6.07) is 13.2. The first-order chi connectivity index (χ1) is 14.1. The van der Waals surface area contributed by atoms with Crippen molar-refractivity contribution >= 4 is 12.3 Å². The van der Waals surface area contributed by atoms with Gasteiger partial charge in [0.15, 0.2) is 6.71 Å². The Balaban J connectivity index is 0.00000117. The number of nitrogens with two attached hydrogens (primary N) is 2. The SMILES string of the molecule is C=C(C)c1cccc2c1CB1C=C(Cc3ccc(CN)c(CN)c3)NC1C2.CC. The zero-order valence-electron chi connectivity index (χ0n) is 18.1. The third kappa shape index (κ3) is 4.49. The van der Waals surface area contributed by atoms with Gasteiger partial charge in [-0.05, 0) is 53.0 Å². The molecule has 2 aliphatic rings. The molecule has 2 aliphatic heterocycles. The molecule has 0 amide bonds. The summed E-state index contributed by atoms with van der Waals surface area (Å²) in [5.41, 5.74) is 22.1. The van der Waals surface area contributed by atoms with Crippen LogP contribution in [0.2, 0.25) is 0 Å². The number of fused-ring (bicyclic) bond motifs is 2. The maximum absolute atomic E-state index is 5.89. The van der Waals surface area contributed by atoms with Crippen LogP contribution in [0.25, 0.3) is 5.57 Å². The van der Waals surface area contributed by atoms with E-state index in [1.807, 2.05) is 13.8 Å². The number of hydrogen-bond acceptors (Lipinski definition) is 3. The highest BCUT2D eigenvalue weighted by Crippen LogP contribution is 2.31. The summed E-state index contributed by atoms with van der Waals surface area (Å²) in [6.07, 6.45) is 3.11. The molecule has 0 aliphatic carbocycles. The number of rotatable bonds is 5. The largest absolute Gasteiger partial charge is 0.393 e. The van der Waals surface area contributed by atoms with Crippen molar-refractivity contribution in [1.29, 1.82) is 0 Å². The van der Waals surface area contributed by atoms with Crippen LogP contribution < -0.4 is 16.8 Å². The molecule has 2 aromatic rings. The number of benzene rings is 2. The Hall–Kier alpha value is -2.30. The molecule has 0 spiro atoms. The third-order valence-electron chi connectivity index (χ3n) is 6.02. The first-order valence-corrected chi connectivity index (χ1v) is 10.8. The normalized spacial score (nSPS) is 16.8. The van der Waals surface area contributed by atoms with Crippen molar-refractivity contribution in [2.45, 2.75) is 59.0 Å². The fourth-order valence-electron chi connectivity index (χ4n) is 4.62. The third-order valence-corrected chi connectivity index (χ3v) is 6.02. The van der Waals surface area contributed by atoms with Gasteiger partial charge < -0.3 is 16.8 Å². The van der Waals surface area contributed by atoms with Crippen molar-refractivity contribution in [2.75, 3.05) is 0 Å². The first-order valence-electron chi connectivity index (χ1n) is 10.8. The Kier molecular flexibility index (Phi) is 6.99. The lowest BCUT2D eigenvalue weighted by atomic mass is 9.39. The maximum atomic E-state index is 5.89. The summed E-state index contributed by atoms with van der Waals surface area (Å²) < 4.78 is 0. The average Bonchev–Trinajstić information content (AvgIpc) is 3.13. The quantitative estimate of drug-likeness (QED) is 0.681. The smallest absolute Gasteiger partial charge is 0.199 e. The van der Waals surface area contributed by atoms with Gasteiger partial charge in [0.2, 0.25) is 0 Å². The molecule has 152 valence electrons. The molecule has 3 nitrogen and oxygen atoms in total. The van der Waals surface area contributed by atoms with Crippen LogP contribution in [-0.2, 0) is 32.3 Å². The standard InChI is InChI=1S/C23H28BN3.C2H6/c1-15(2)21-5-3-4-17-10-23-24(12-22(17)21)11-20(27-23)9-16-6-7-18(13-25)19(8-16)14-26;1-2/h3-8,11,23,27H,1,9-10,12-14,25-26H2,2H3;1-2H3. The number of hydrogen-bond donors (Lipinski definition) is 3. The lowest BCUT2D eigenvalue weighted by Crippen LogP contribution is -2.42. The fraction of sp³-hybridized carbons (Fsp3) is 0.360. The Labute approximate surface area is 176 Å². The molecule has 1 unspecified atom stereocenters. The van der Waals surface area contributed by atoms with Gasteiger partial charge in [0, 0.05) is 31.1 Å². The highest BCUT2D eigenvalue weighted by Gasteiger charge is 2.35. The summed E-state index contributed by atoms with van der Waals surface area (Å²) in [6.45, 7) is 11.9. The molecule has 4 heteroatoms. The van der Waals surface area contributed by atoms with E-state index in [0.29, 0.717) is 25.7 Å². The molecule has 0 aromatic heterocycles. The van der Waals surface area contributed by atoms with E-state index in [2.05, 4.69) is 61.2 Å². The van der Waals surface area contributed by atoms with Crippen molar-refractivity contribution < 1.29 is 0 Å². The molecule has 2 heterocycles. The second kappa shape index (κ2) is 9.47. The predicted molar refractivity (Wildman–Crippen MR) is 127 cm³/mol. The Morgan fingerprint density at radius 3 is 2.59 bits per heavy atom. The molecule has 0 saturated carbocycles. The summed E-state index contributed by atoms with van der Waals surface area (Å²) in [4.78, 5) is 0. The van der Waals surface area contributed by atoms with Crippen molar-refractivity contribution in [3.63, 3.8) is 0 Å². The minimum Gasteiger partial charge on any atom is -0.393 e. The van der Waals surface area contributed by atoms with Crippen molar-refractivity contribution in [3.8, 4) is 0 Å². The van der Waals surface area contributed by atoms with E-state index in [-0.39, 0.29) is 0 Å². The van der Waals surface area contributed by atoms with Crippen LogP contribution in [0.15, 0.2) is 54.6 Å². The number of allylic oxidation sites excluding steroid dienone is 2. The van der Waals surface area contributed by atoms with Crippen LogP contribution in [0.3, 0.4) is 0 Å². The van der Waals surface area contributed by atoms with Crippen LogP contribution in [0.5, 0.6) is 0 Å². The molecule has 0 fully saturated rings. The summed E-state index contributed by atoms with van der Waals surface area (Å²) in [7, 11) is 0. The van der Waals surface area contributed by atoms with Crippen LogP contribution in [0.4, 0.5) is 0 Å². The van der Waals surface area contributed by atoms with Crippen molar-refractivity contribution in [2.24, 2.45) is 11.5 Å². The summed E-state index contributed by atoms with van der Waals surface area (Å²) in [5.74, 6) is 2.95. The maximum Gasteiger partial charge on any atom is 0.199 e. The van der Waals surface area contributed by atoms with E-state index in [4.69, 9.17) is 11.5 Å². The minimum atomic E-state index is 0.505. The highest BCUT2D eigenvalue weighted by molar-refractivity contribution is 6.67. The van der Waals surface area contributed by atoms with Crippen molar-refractivity contribution in [1.82, 2.24) is 5.32 Å². The monoisotopic (exact) mass is 387 g/mol. The molecular weight excluding hydrogens is 353 g/mol.